The zero-order valence-corrected chi connectivity index (χ0v) is 16.0. The van der Waals surface area contributed by atoms with Gasteiger partial charge in [0.25, 0.3) is 0 Å². The van der Waals surface area contributed by atoms with Crippen LogP contribution in [0.2, 0.25) is 0 Å². The second kappa shape index (κ2) is 9.66. The van der Waals surface area contributed by atoms with Gasteiger partial charge in [0.1, 0.15) is 12.4 Å². The van der Waals surface area contributed by atoms with E-state index in [1.54, 1.807) is 7.11 Å². The highest BCUT2D eigenvalue weighted by atomic mass is 16.6. The number of ether oxygens (including phenoxy) is 3. The number of nitrogens with zero attached hydrogens (tertiary/aromatic N) is 2. The molecule has 0 radical (unpaired) electrons. The van der Waals surface area contributed by atoms with Crippen LogP contribution in [0.4, 0.5) is 5.82 Å². The number of benzene rings is 2. The Labute approximate surface area is 163 Å². The first-order valence-corrected chi connectivity index (χ1v) is 9.10. The molecular formula is C21H23N3O4. The summed E-state index contributed by atoms with van der Waals surface area (Å²) >= 11 is 0. The van der Waals surface area contributed by atoms with Crippen molar-refractivity contribution < 1.29 is 19.0 Å². The SMILES string of the molecule is CCOCCOC(=O)c1nc2ccccc2nc1NCc1ccccc1OC. The molecule has 2 aromatic carbocycles. The van der Waals surface area contributed by atoms with Crippen molar-refractivity contribution in [2.45, 2.75) is 13.5 Å². The number of hydrogen-bond donors (Lipinski definition) is 1. The topological polar surface area (TPSA) is 82.6 Å². The van der Waals surface area contributed by atoms with Gasteiger partial charge >= 0.3 is 5.97 Å². The molecule has 0 saturated carbocycles. The third kappa shape index (κ3) is 4.75. The highest BCUT2D eigenvalue weighted by Gasteiger charge is 2.18. The Hall–Kier alpha value is -3.19. The van der Waals surface area contributed by atoms with Crippen LogP contribution in [0.5, 0.6) is 5.75 Å². The number of aromatic nitrogens is 2. The van der Waals surface area contributed by atoms with E-state index in [0.29, 0.717) is 36.6 Å². The monoisotopic (exact) mass is 381 g/mol. The summed E-state index contributed by atoms with van der Waals surface area (Å²) in [6.45, 7) is 3.38. The summed E-state index contributed by atoms with van der Waals surface area (Å²) in [5.74, 6) is 0.580. The van der Waals surface area contributed by atoms with Crippen LogP contribution < -0.4 is 10.1 Å². The lowest BCUT2D eigenvalue weighted by Crippen LogP contribution is -2.16. The maximum absolute atomic E-state index is 12.6. The number of anilines is 1. The van der Waals surface area contributed by atoms with Crippen LogP contribution in [0.3, 0.4) is 0 Å². The normalized spacial score (nSPS) is 10.6. The van der Waals surface area contributed by atoms with Gasteiger partial charge in [-0.15, -0.1) is 0 Å². The lowest BCUT2D eigenvalue weighted by molar-refractivity contribution is 0.0330. The van der Waals surface area contributed by atoms with Crippen LogP contribution in [-0.2, 0) is 16.0 Å². The Bertz CT molecular complexity index is 946. The average molecular weight is 381 g/mol. The Morgan fingerprint density at radius 1 is 1.00 bits per heavy atom. The highest BCUT2D eigenvalue weighted by Crippen LogP contribution is 2.22. The molecule has 0 fully saturated rings. The van der Waals surface area contributed by atoms with Gasteiger partial charge in [-0.25, -0.2) is 14.8 Å². The number of para-hydroxylation sites is 3. The summed E-state index contributed by atoms with van der Waals surface area (Å²) in [7, 11) is 1.62. The van der Waals surface area contributed by atoms with Crippen LogP contribution in [0.25, 0.3) is 11.0 Å². The Morgan fingerprint density at radius 2 is 1.71 bits per heavy atom. The van der Waals surface area contributed by atoms with E-state index in [0.717, 1.165) is 11.3 Å². The molecule has 1 aromatic heterocycles. The summed E-state index contributed by atoms with van der Waals surface area (Å²) in [5.41, 5.74) is 2.40. The molecule has 0 aliphatic carbocycles. The van der Waals surface area contributed by atoms with Gasteiger partial charge in [0.15, 0.2) is 11.5 Å². The molecule has 28 heavy (non-hydrogen) atoms. The number of nitrogens with one attached hydrogen (secondary N) is 1. The number of rotatable bonds is 9. The van der Waals surface area contributed by atoms with Crippen LogP contribution in [-0.4, -0.2) is 42.9 Å². The number of carbonyl (C=O) groups is 1. The van der Waals surface area contributed by atoms with Crippen LogP contribution in [0.1, 0.15) is 23.0 Å². The Kier molecular flexibility index (Phi) is 6.75. The van der Waals surface area contributed by atoms with Crippen molar-refractivity contribution in [2.24, 2.45) is 0 Å². The maximum atomic E-state index is 12.6. The molecule has 0 spiro atoms. The molecule has 3 rings (SSSR count). The number of hydrogen-bond acceptors (Lipinski definition) is 7. The summed E-state index contributed by atoms with van der Waals surface area (Å²) in [6, 6.07) is 15.0. The number of carbonyl (C=O) groups excluding carboxylic acids is 1. The summed E-state index contributed by atoms with van der Waals surface area (Å²) in [6.07, 6.45) is 0. The smallest absolute Gasteiger partial charge is 0.360 e. The first kappa shape index (κ1) is 19.6. The lowest BCUT2D eigenvalue weighted by atomic mass is 10.2. The first-order chi connectivity index (χ1) is 13.7. The quantitative estimate of drug-likeness (QED) is 0.449. The fourth-order valence-electron chi connectivity index (χ4n) is 2.70. The minimum Gasteiger partial charge on any atom is -0.496 e. The van der Waals surface area contributed by atoms with Crippen molar-refractivity contribution >= 4 is 22.8 Å². The zero-order chi connectivity index (χ0) is 19.8. The van der Waals surface area contributed by atoms with Crippen molar-refractivity contribution in [2.75, 3.05) is 32.2 Å². The Morgan fingerprint density at radius 3 is 2.46 bits per heavy atom. The van der Waals surface area contributed by atoms with Gasteiger partial charge in [0.05, 0.1) is 24.8 Å². The molecule has 0 atom stereocenters. The largest absolute Gasteiger partial charge is 0.496 e. The van der Waals surface area contributed by atoms with Gasteiger partial charge in [-0.3, -0.25) is 0 Å². The van der Waals surface area contributed by atoms with Gasteiger partial charge in [0, 0.05) is 18.7 Å². The van der Waals surface area contributed by atoms with Gasteiger partial charge in [0.2, 0.25) is 0 Å². The van der Waals surface area contributed by atoms with Crippen LogP contribution in [0.15, 0.2) is 48.5 Å². The van der Waals surface area contributed by atoms with E-state index in [9.17, 15) is 4.79 Å². The third-order valence-electron chi connectivity index (χ3n) is 4.07. The molecule has 0 saturated heterocycles. The second-order valence-corrected chi connectivity index (χ2v) is 5.91. The van der Waals surface area contributed by atoms with Gasteiger partial charge < -0.3 is 19.5 Å². The summed E-state index contributed by atoms with van der Waals surface area (Å²) in [4.78, 5) is 21.6. The van der Waals surface area contributed by atoms with E-state index in [4.69, 9.17) is 14.2 Å². The standard InChI is InChI=1S/C21H23N3O4/c1-3-27-12-13-28-21(25)19-20(24-17-10-6-5-9-16(17)23-19)22-14-15-8-4-7-11-18(15)26-2/h4-11H,3,12-14H2,1-2H3,(H,22,24). The number of methoxy groups -OCH3 is 1. The van der Waals surface area contributed by atoms with Crippen molar-refractivity contribution in [3.63, 3.8) is 0 Å². The molecule has 3 aromatic rings. The summed E-state index contributed by atoms with van der Waals surface area (Å²) in [5, 5.41) is 3.19. The van der Waals surface area contributed by atoms with Crippen LogP contribution in [0, 0.1) is 0 Å². The molecule has 1 N–H and O–H groups in total. The van der Waals surface area contributed by atoms with E-state index in [2.05, 4.69) is 15.3 Å². The predicted octanol–water partition coefficient (Wildman–Crippen LogP) is 3.44. The fourth-order valence-corrected chi connectivity index (χ4v) is 2.70. The lowest BCUT2D eigenvalue weighted by Gasteiger charge is -2.13. The van der Waals surface area contributed by atoms with Gasteiger partial charge in [-0.05, 0) is 25.1 Å². The van der Waals surface area contributed by atoms with E-state index in [1.807, 2.05) is 55.5 Å². The molecule has 0 aliphatic rings. The van der Waals surface area contributed by atoms with Crippen LogP contribution >= 0.6 is 0 Å². The molecule has 0 aliphatic heterocycles. The summed E-state index contributed by atoms with van der Waals surface area (Å²) < 4.78 is 15.9. The van der Waals surface area contributed by atoms with E-state index in [1.165, 1.54) is 0 Å². The maximum Gasteiger partial charge on any atom is 0.360 e. The molecule has 146 valence electrons. The average Bonchev–Trinajstić information content (AvgIpc) is 2.74. The van der Waals surface area contributed by atoms with Crippen molar-refractivity contribution in [1.82, 2.24) is 9.97 Å². The van der Waals surface area contributed by atoms with Gasteiger partial charge in [-0.1, -0.05) is 30.3 Å². The first-order valence-electron chi connectivity index (χ1n) is 9.10. The zero-order valence-electron chi connectivity index (χ0n) is 16.0. The molecule has 0 unspecified atom stereocenters. The molecule has 1 heterocycles. The minimum absolute atomic E-state index is 0.144. The third-order valence-corrected chi connectivity index (χ3v) is 4.07. The van der Waals surface area contributed by atoms with E-state index >= 15 is 0 Å². The molecular weight excluding hydrogens is 358 g/mol. The second-order valence-electron chi connectivity index (χ2n) is 5.91. The van der Waals surface area contributed by atoms with E-state index in [-0.39, 0.29) is 12.3 Å². The molecule has 0 bridgehead atoms. The number of esters is 1. The fraction of sp³-hybridized carbons (Fsp3) is 0.286. The van der Waals surface area contributed by atoms with Crippen molar-refractivity contribution in [3.05, 3.63) is 59.8 Å². The highest BCUT2D eigenvalue weighted by molar-refractivity contribution is 5.95. The van der Waals surface area contributed by atoms with Gasteiger partial charge in [-0.2, -0.15) is 0 Å². The molecule has 0 amide bonds. The Balaban J connectivity index is 1.85. The van der Waals surface area contributed by atoms with Crippen molar-refractivity contribution in [1.29, 1.82) is 0 Å². The minimum atomic E-state index is -0.541. The van der Waals surface area contributed by atoms with E-state index < -0.39 is 5.97 Å². The predicted molar refractivity (Wildman–Crippen MR) is 107 cm³/mol. The number of fused-ring (bicyclic) bond motifs is 1. The van der Waals surface area contributed by atoms with Crippen molar-refractivity contribution in [3.8, 4) is 5.75 Å². The molecule has 7 nitrogen and oxygen atoms in total. The molecule has 7 heteroatoms.